The number of hydrogen-bond donors (Lipinski definition) is 3. The SMILES string of the molecule is CCC(C)CCCCCCCCCCCCCCCCCCCCC(=O)O[C@H](COC(=O)CCCCCCCCCC(C)C)COP(=O)(O)OCC(O)COP(=O)(O)OC[C@@H](COC(=O)CCCCCCCCCCC(C)CC)OC(=O)CCCCCCCCCCCCC(C)C. The van der Waals surface area contributed by atoms with E-state index in [1.54, 1.807) is 0 Å². The van der Waals surface area contributed by atoms with Crippen LogP contribution in [0.15, 0.2) is 0 Å². The van der Waals surface area contributed by atoms with Crippen LogP contribution in [-0.4, -0.2) is 96.7 Å². The number of aliphatic hydroxyl groups excluding tert-OH is 1. The Hall–Kier alpha value is -1.94. The molecular weight excluding hydrogens is 1270 g/mol. The molecule has 0 aromatic heterocycles. The minimum Gasteiger partial charge on any atom is -0.462 e. The number of ether oxygens (including phenoxy) is 4. The van der Waals surface area contributed by atoms with Crippen molar-refractivity contribution in [3.8, 4) is 0 Å². The first-order valence-corrected chi connectivity index (χ1v) is 43.3. The molecule has 0 bridgehead atoms. The van der Waals surface area contributed by atoms with Gasteiger partial charge in [-0.25, -0.2) is 9.13 Å². The minimum atomic E-state index is -4.96. The van der Waals surface area contributed by atoms with Crippen LogP contribution in [0.4, 0.5) is 0 Å². The number of unbranched alkanes of at least 4 members (excludes halogenated alkanes) is 39. The molecule has 0 aromatic carbocycles. The van der Waals surface area contributed by atoms with Crippen molar-refractivity contribution < 1.29 is 80.2 Å². The fraction of sp³-hybridized carbons (Fsp3) is 0.949. The number of phosphoric ester groups is 2. The van der Waals surface area contributed by atoms with Crippen molar-refractivity contribution in [2.45, 2.75) is 414 Å². The maximum Gasteiger partial charge on any atom is 0.472 e. The van der Waals surface area contributed by atoms with Gasteiger partial charge < -0.3 is 33.8 Å². The van der Waals surface area contributed by atoms with E-state index in [2.05, 4.69) is 55.4 Å². The number of hydrogen-bond acceptors (Lipinski definition) is 15. The Morgan fingerprint density at radius 3 is 0.732 bits per heavy atom. The molecule has 7 atom stereocenters. The first-order chi connectivity index (χ1) is 46.7. The van der Waals surface area contributed by atoms with Crippen LogP contribution in [0.5, 0.6) is 0 Å². The number of aliphatic hydroxyl groups is 1. The lowest BCUT2D eigenvalue weighted by Gasteiger charge is -2.21. The van der Waals surface area contributed by atoms with Crippen molar-refractivity contribution in [3.63, 3.8) is 0 Å². The first-order valence-electron chi connectivity index (χ1n) is 40.3. The van der Waals surface area contributed by atoms with Gasteiger partial charge in [0.15, 0.2) is 12.2 Å². The molecule has 0 aliphatic rings. The highest BCUT2D eigenvalue weighted by Crippen LogP contribution is 2.45. The van der Waals surface area contributed by atoms with Gasteiger partial charge in [-0.2, -0.15) is 0 Å². The smallest absolute Gasteiger partial charge is 0.462 e. The Labute approximate surface area is 594 Å². The zero-order valence-electron chi connectivity index (χ0n) is 63.7. The molecule has 0 aliphatic carbocycles. The summed E-state index contributed by atoms with van der Waals surface area (Å²) in [4.78, 5) is 72.8. The summed E-state index contributed by atoms with van der Waals surface area (Å²) in [6.45, 7) is 14.2. The third-order valence-electron chi connectivity index (χ3n) is 18.8. The van der Waals surface area contributed by atoms with Gasteiger partial charge >= 0.3 is 39.5 Å². The molecule has 17 nitrogen and oxygen atoms in total. The van der Waals surface area contributed by atoms with Crippen LogP contribution in [0.2, 0.25) is 0 Å². The topological polar surface area (TPSA) is 237 Å². The molecule has 0 amide bonds. The van der Waals surface area contributed by atoms with E-state index in [0.717, 1.165) is 114 Å². The van der Waals surface area contributed by atoms with Gasteiger partial charge in [0, 0.05) is 25.7 Å². The molecule has 3 N–H and O–H groups in total. The molecule has 0 saturated carbocycles. The second-order valence-electron chi connectivity index (χ2n) is 29.5. The van der Waals surface area contributed by atoms with Gasteiger partial charge in [0.1, 0.15) is 19.3 Å². The Balaban J connectivity index is 5.18. The van der Waals surface area contributed by atoms with Gasteiger partial charge in [0.05, 0.1) is 26.4 Å². The summed E-state index contributed by atoms with van der Waals surface area (Å²) in [6, 6.07) is 0. The van der Waals surface area contributed by atoms with Crippen molar-refractivity contribution in [2.24, 2.45) is 23.7 Å². The third-order valence-corrected chi connectivity index (χ3v) is 20.7. The summed E-state index contributed by atoms with van der Waals surface area (Å²) in [7, 11) is -9.92. The average molecular weight is 1420 g/mol. The molecule has 0 fully saturated rings. The summed E-state index contributed by atoms with van der Waals surface area (Å²) in [5.41, 5.74) is 0. The lowest BCUT2D eigenvalue weighted by Crippen LogP contribution is -2.30. The second kappa shape index (κ2) is 67.2. The highest BCUT2D eigenvalue weighted by molar-refractivity contribution is 7.47. The molecule has 0 rings (SSSR count). The summed E-state index contributed by atoms with van der Waals surface area (Å²) < 4.78 is 68.5. The van der Waals surface area contributed by atoms with Gasteiger partial charge in [0.2, 0.25) is 0 Å². The van der Waals surface area contributed by atoms with E-state index in [4.69, 9.17) is 37.0 Å². The molecule has 0 aromatic rings. The largest absolute Gasteiger partial charge is 0.472 e. The molecular formula is C78H152O17P2. The van der Waals surface area contributed by atoms with Gasteiger partial charge in [0.25, 0.3) is 0 Å². The molecule has 0 aliphatic heterocycles. The highest BCUT2D eigenvalue weighted by Gasteiger charge is 2.30. The molecule has 0 radical (unpaired) electrons. The fourth-order valence-electron chi connectivity index (χ4n) is 11.8. The van der Waals surface area contributed by atoms with Crippen LogP contribution in [0.1, 0.15) is 396 Å². The normalized spacial score (nSPS) is 14.6. The Morgan fingerprint density at radius 1 is 0.289 bits per heavy atom. The summed E-state index contributed by atoms with van der Waals surface area (Å²) in [5, 5.41) is 10.6. The van der Waals surface area contributed by atoms with E-state index >= 15 is 0 Å². The summed E-state index contributed by atoms with van der Waals surface area (Å²) in [5.74, 6) is 0.985. The Morgan fingerprint density at radius 2 is 0.495 bits per heavy atom. The van der Waals surface area contributed by atoms with Crippen molar-refractivity contribution in [1.29, 1.82) is 0 Å². The molecule has 0 heterocycles. The minimum absolute atomic E-state index is 0.105. The van der Waals surface area contributed by atoms with E-state index in [1.165, 1.54) is 193 Å². The third kappa shape index (κ3) is 69.5. The van der Waals surface area contributed by atoms with E-state index < -0.39 is 97.5 Å². The van der Waals surface area contributed by atoms with Crippen molar-refractivity contribution in [2.75, 3.05) is 39.6 Å². The maximum absolute atomic E-state index is 13.1. The summed E-state index contributed by atoms with van der Waals surface area (Å²) >= 11 is 0. The fourth-order valence-corrected chi connectivity index (χ4v) is 13.4. The van der Waals surface area contributed by atoms with E-state index in [1.807, 2.05) is 0 Å². The van der Waals surface area contributed by atoms with Crippen molar-refractivity contribution in [3.05, 3.63) is 0 Å². The summed E-state index contributed by atoms with van der Waals surface area (Å²) in [6.07, 6.45) is 52.8. The quantitative estimate of drug-likeness (QED) is 0.0222. The highest BCUT2D eigenvalue weighted by atomic mass is 31.2. The molecule has 19 heteroatoms. The predicted octanol–water partition coefficient (Wildman–Crippen LogP) is 22.8. The predicted molar refractivity (Wildman–Crippen MR) is 395 cm³/mol. The first kappa shape index (κ1) is 95.1. The Kier molecular flexibility index (Phi) is 65.9. The van der Waals surface area contributed by atoms with E-state index in [-0.39, 0.29) is 25.7 Å². The number of esters is 4. The standard InChI is InChI=1S/C78H152O17P2/c1-9-70(7)56-48-40-32-24-19-17-15-13-11-12-14-16-18-20-25-35-44-52-60-77(82)95-74(65-89-76(81)59-51-43-37-29-31-39-47-55-69(5)6)67-93-97(86,87)91-63-72(79)62-90-96(84,85)92-66-73(64-88-75(80)58-50-42-34-28-27-33-41-49-57-71(8)10-2)94-78(83)61-53-45-36-26-22-21-23-30-38-46-54-68(3)4/h68-74,79H,9-67H2,1-8H3,(H,84,85)(H,86,87)/t70?,71?,72?,73-,74-/m1/s1. The van der Waals surface area contributed by atoms with E-state index in [9.17, 15) is 43.2 Å². The van der Waals surface area contributed by atoms with Crippen LogP contribution in [0, 0.1) is 23.7 Å². The van der Waals surface area contributed by atoms with Crippen LogP contribution >= 0.6 is 15.6 Å². The lowest BCUT2D eigenvalue weighted by molar-refractivity contribution is -0.161. The van der Waals surface area contributed by atoms with Gasteiger partial charge in [-0.3, -0.25) is 37.3 Å². The van der Waals surface area contributed by atoms with Crippen LogP contribution in [0.3, 0.4) is 0 Å². The molecule has 0 saturated heterocycles. The number of rotatable bonds is 75. The molecule has 0 spiro atoms. The second-order valence-corrected chi connectivity index (χ2v) is 32.4. The lowest BCUT2D eigenvalue weighted by atomic mass is 9.99. The van der Waals surface area contributed by atoms with Crippen molar-refractivity contribution >= 4 is 39.5 Å². The van der Waals surface area contributed by atoms with Crippen molar-refractivity contribution in [1.82, 2.24) is 0 Å². The number of phosphoric acid groups is 2. The van der Waals surface area contributed by atoms with Crippen LogP contribution in [-0.2, 0) is 65.4 Å². The molecule has 576 valence electrons. The monoisotopic (exact) mass is 1420 g/mol. The van der Waals surface area contributed by atoms with Gasteiger partial charge in [-0.1, -0.05) is 344 Å². The Bertz CT molecular complexity index is 1910. The van der Waals surface area contributed by atoms with Gasteiger partial charge in [-0.15, -0.1) is 0 Å². The van der Waals surface area contributed by atoms with Crippen LogP contribution in [0.25, 0.3) is 0 Å². The molecule has 5 unspecified atom stereocenters. The molecule has 97 heavy (non-hydrogen) atoms. The zero-order chi connectivity index (χ0) is 71.7. The van der Waals surface area contributed by atoms with Gasteiger partial charge in [-0.05, 0) is 49.4 Å². The number of carbonyl (C=O) groups excluding carboxylic acids is 4. The maximum atomic E-state index is 13.1. The number of carbonyl (C=O) groups is 4. The van der Waals surface area contributed by atoms with E-state index in [0.29, 0.717) is 31.6 Å². The average Bonchev–Trinajstić information content (AvgIpc) is 0.978. The van der Waals surface area contributed by atoms with Crippen LogP contribution < -0.4 is 0 Å². The zero-order valence-corrected chi connectivity index (χ0v) is 65.5.